The van der Waals surface area contributed by atoms with Crippen LogP contribution in [0.4, 0.5) is 0 Å². The Morgan fingerprint density at radius 2 is 1.92 bits per heavy atom. The molecule has 0 aliphatic heterocycles. The van der Waals surface area contributed by atoms with Gasteiger partial charge in [-0.15, -0.1) is 12.8 Å². The van der Waals surface area contributed by atoms with Crippen molar-refractivity contribution in [3.63, 3.8) is 0 Å². The van der Waals surface area contributed by atoms with Crippen LogP contribution in [0.3, 0.4) is 0 Å². The van der Waals surface area contributed by atoms with Gasteiger partial charge in [0.05, 0.1) is 48.7 Å². The van der Waals surface area contributed by atoms with Crippen LogP contribution < -0.4 is 10.5 Å². The monoisotopic (exact) mass is 482 g/mol. The fraction of sp³-hybridized carbons (Fsp3) is 0.185. The van der Waals surface area contributed by atoms with E-state index < -0.39 is 12.4 Å². The van der Waals surface area contributed by atoms with E-state index in [9.17, 15) is 9.90 Å². The summed E-state index contributed by atoms with van der Waals surface area (Å²) in [4.78, 5) is 17.4. The second kappa shape index (κ2) is 9.79. The molecule has 1 N–H and O–H groups in total. The summed E-state index contributed by atoms with van der Waals surface area (Å²) < 4.78 is 18.0. The topological polar surface area (TPSA) is 127 Å². The van der Waals surface area contributed by atoms with Crippen molar-refractivity contribution in [1.29, 1.82) is 5.26 Å². The number of fused-ring (bicyclic) bond motifs is 3. The predicted molar refractivity (Wildman–Crippen MR) is 133 cm³/mol. The molecule has 3 heterocycles. The molecule has 0 amide bonds. The number of aryl methyl sites for hydroxylation is 2. The quantitative estimate of drug-likeness (QED) is 0.371. The van der Waals surface area contributed by atoms with Gasteiger partial charge in [-0.25, -0.2) is 9.78 Å². The molecule has 0 aliphatic rings. The maximum Gasteiger partial charge on any atom is 0.420 e. The normalized spacial score (nSPS) is 10.7. The van der Waals surface area contributed by atoms with Crippen LogP contribution in [0.15, 0.2) is 50.1 Å². The number of aliphatic hydroxyl groups excluding tert-OH is 1. The van der Waals surface area contributed by atoms with Gasteiger partial charge in [0.25, 0.3) is 0 Å². The summed E-state index contributed by atoms with van der Waals surface area (Å²) >= 11 is 0. The largest absolute Gasteiger partial charge is 0.496 e. The highest BCUT2D eigenvalue weighted by molar-refractivity contribution is 6.05. The minimum atomic E-state index is -0.572. The first kappa shape index (κ1) is 24.3. The minimum Gasteiger partial charge on any atom is -0.496 e. The SMILES string of the molecule is C#C.COc1cc2c(cc1-c1c(C)noc1C)nc(CO)c1oc(=O)n(Cc3ccc(C#N)cc3)c12. The van der Waals surface area contributed by atoms with Crippen molar-refractivity contribution < 1.29 is 18.8 Å². The molecule has 0 fully saturated rings. The summed E-state index contributed by atoms with van der Waals surface area (Å²) in [5.41, 5.74) is 5.14. The molecule has 9 heteroatoms. The number of nitriles is 1. The Kier molecular flexibility index (Phi) is 6.60. The lowest BCUT2D eigenvalue weighted by atomic mass is 10.00. The van der Waals surface area contributed by atoms with E-state index in [0.717, 1.165) is 16.7 Å². The molecule has 180 valence electrons. The Bertz CT molecular complexity index is 1680. The third kappa shape index (κ3) is 3.98. The molecule has 0 bridgehead atoms. The fourth-order valence-electron chi connectivity index (χ4n) is 4.26. The maximum absolute atomic E-state index is 12.9. The number of hydrogen-bond acceptors (Lipinski definition) is 8. The van der Waals surface area contributed by atoms with Crippen molar-refractivity contribution in [2.45, 2.75) is 27.0 Å². The van der Waals surface area contributed by atoms with Gasteiger partial charge in [-0.1, -0.05) is 17.3 Å². The van der Waals surface area contributed by atoms with Gasteiger partial charge in [-0.2, -0.15) is 5.26 Å². The number of hydrogen-bond donors (Lipinski definition) is 1. The van der Waals surface area contributed by atoms with Gasteiger partial charge < -0.3 is 18.8 Å². The van der Waals surface area contributed by atoms with Crippen molar-refractivity contribution in [3.8, 4) is 35.8 Å². The number of rotatable bonds is 5. The number of oxazole rings is 1. The maximum atomic E-state index is 12.9. The summed E-state index contributed by atoms with van der Waals surface area (Å²) in [5.74, 6) is 0.622. The van der Waals surface area contributed by atoms with Gasteiger partial charge in [0.1, 0.15) is 22.7 Å². The number of methoxy groups -OCH3 is 1. The zero-order valence-corrected chi connectivity index (χ0v) is 19.9. The Balaban J connectivity index is 0.00000148. The lowest BCUT2D eigenvalue weighted by Gasteiger charge is -2.12. The van der Waals surface area contributed by atoms with Crippen LogP contribution in [-0.4, -0.2) is 26.9 Å². The molecule has 5 rings (SSSR count). The molecule has 0 aliphatic carbocycles. The summed E-state index contributed by atoms with van der Waals surface area (Å²) in [7, 11) is 1.56. The molecule has 0 saturated heterocycles. The third-order valence-corrected chi connectivity index (χ3v) is 5.86. The lowest BCUT2D eigenvalue weighted by Crippen LogP contribution is -2.15. The molecule has 36 heavy (non-hydrogen) atoms. The molecule has 2 aromatic carbocycles. The van der Waals surface area contributed by atoms with E-state index in [1.54, 1.807) is 37.4 Å². The average molecular weight is 482 g/mol. The van der Waals surface area contributed by atoms with E-state index in [4.69, 9.17) is 18.9 Å². The van der Waals surface area contributed by atoms with Gasteiger partial charge in [-0.05, 0) is 43.7 Å². The predicted octanol–water partition coefficient (Wildman–Crippen LogP) is 4.08. The van der Waals surface area contributed by atoms with E-state index in [-0.39, 0.29) is 17.8 Å². The molecule has 5 aromatic rings. The number of terminal acetylenes is 1. The van der Waals surface area contributed by atoms with Crippen molar-refractivity contribution in [3.05, 3.63) is 75.2 Å². The van der Waals surface area contributed by atoms with E-state index in [0.29, 0.717) is 39.2 Å². The fourth-order valence-corrected chi connectivity index (χ4v) is 4.26. The second-order valence-corrected chi connectivity index (χ2v) is 7.93. The number of aromatic nitrogens is 3. The van der Waals surface area contributed by atoms with Crippen LogP contribution in [0.5, 0.6) is 5.75 Å². The smallest absolute Gasteiger partial charge is 0.420 e. The van der Waals surface area contributed by atoms with Crippen molar-refractivity contribution in [2.24, 2.45) is 0 Å². The first-order valence-corrected chi connectivity index (χ1v) is 10.9. The van der Waals surface area contributed by atoms with E-state index in [1.165, 1.54) is 4.57 Å². The molecule has 0 atom stereocenters. The standard InChI is InChI=1S/C25H20N4O5.C2H2/c1-13-22(14(2)34-28-13)18-8-19-17(9-21(18)32-3)23-24(20(12-30)27-19)33-25(31)29(23)11-16-6-4-15(10-26)5-7-16;1-2/h4-9,30H,11-12H2,1-3H3;1-2H. The highest BCUT2D eigenvalue weighted by Crippen LogP contribution is 2.39. The third-order valence-electron chi connectivity index (χ3n) is 5.86. The van der Waals surface area contributed by atoms with Crippen LogP contribution in [0.2, 0.25) is 0 Å². The van der Waals surface area contributed by atoms with E-state index in [2.05, 4.69) is 29.1 Å². The molecule has 9 nitrogen and oxygen atoms in total. The number of nitrogens with zero attached hydrogens (tertiary/aromatic N) is 4. The highest BCUT2D eigenvalue weighted by atomic mass is 16.5. The number of aliphatic hydroxyl groups is 1. The summed E-state index contributed by atoms with van der Waals surface area (Å²) in [6.45, 7) is 3.48. The van der Waals surface area contributed by atoms with Gasteiger partial charge >= 0.3 is 5.76 Å². The first-order valence-electron chi connectivity index (χ1n) is 10.9. The molecule has 0 radical (unpaired) electrons. The van der Waals surface area contributed by atoms with E-state index >= 15 is 0 Å². The Morgan fingerprint density at radius 3 is 2.50 bits per heavy atom. The summed E-state index contributed by atoms with van der Waals surface area (Å²) in [6.07, 6.45) is 8.00. The van der Waals surface area contributed by atoms with E-state index in [1.807, 2.05) is 19.9 Å². The molecule has 0 saturated carbocycles. The van der Waals surface area contributed by atoms with Crippen molar-refractivity contribution >= 4 is 22.0 Å². The minimum absolute atomic E-state index is 0.218. The number of pyridine rings is 1. The second-order valence-electron chi connectivity index (χ2n) is 7.93. The van der Waals surface area contributed by atoms with Crippen LogP contribution >= 0.6 is 0 Å². The molecule has 3 aromatic heterocycles. The zero-order chi connectivity index (χ0) is 26.0. The number of benzene rings is 2. The lowest BCUT2D eigenvalue weighted by molar-refractivity contribution is 0.277. The highest BCUT2D eigenvalue weighted by Gasteiger charge is 2.22. The van der Waals surface area contributed by atoms with Gasteiger partial charge in [-0.3, -0.25) is 4.57 Å². The molecule has 0 unspecified atom stereocenters. The Labute approximate surface area is 206 Å². The summed E-state index contributed by atoms with van der Waals surface area (Å²) in [5, 5.41) is 23.7. The molecule has 0 spiro atoms. The Morgan fingerprint density at radius 1 is 1.19 bits per heavy atom. The van der Waals surface area contributed by atoms with Crippen molar-refractivity contribution in [1.82, 2.24) is 14.7 Å². The van der Waals surface area contributed by atoms with Gasteiger partial charge in [0.2, 0.25) is 0 Å². The van der Waals surface area contributed by atoms with Crippen LogP contribution in [0, 0.1) is 38.0 Å². The zero-order valence-electron chi connectivity index (χ0n) is 19.9. The van der Waals surface area contributed by atoms with Crippen molar-refractivity contribution in [2.75, 3.05) is 7.11 Å². The average Bonchev–Trinajstić information content (AvgIpc) is 3.42. The van der Waals surface area contributed by atoms with Crippen LogP contribution in [-0.2, 0) is 13.2 Å². The van der Waals surface area contributed by atoms with Crippen LogP contribution in [0.1, 0.15) is 28.3 Å². The van der Waals surface area contributed by atoms with Gasteiger partial charge in [0.15, 0.2) is 5.58 Å². The Hall–Kier alpha value is -4.86. The molecular formula is C27H22N4O5. The summed E-state index contributed by atoms with van der Waals surface area (Å²) in [6, 6.07) is 12.7. The van der Waals surface area contributed by atoms with Gasteiger partial charge in [0, 0.05) is 10.9 Å². The number of ether oxygens (including phenoxy) is 1. The molecular weight excluding hydrogens is 460 g/mol. The first-order chi connectivity index (χ1) is 17.4. The van der Waals surface area contributed by atoms with Crippen LogP contribution in [0.25, 0.3) is 33.1 Å².